The zero-order valence-corrected chi connectivity index (χ0v) is 10.8. The van der Waals surface area contributed by atoms with Gasteiger partial charge in [0.25, 0.3) is 0 Å². The molecule has 5 heteroatoms. The Morgan fingerprint density at radius 2 is 2.39 bits per heavy atom. The van der Waals surface area contributed by atoms with Gasteiger partial charge in [-0.1, -0.05) is 6.07 Å². The molecule has 0 saturated heterocycles. The number of hydrogen-bond acceptors (Lipinski definition) is 5. The summed E-state index contributed by atoms with van der Waals surface area (Å²) in [6.45, 7) is 0. The summed E-state index contributed by atoms with van der Waals surface area (Å²) in [4.78, 5) is 5.20. The number of hydrogen-bond donors (Lipinski definition) is 1. The van der Waals surface area contributed by atoms with Gasteiger partial charge in [-0.2, -0.15) is 0 Å². The molecule has 0 saturated carbocycles. The van der Waals surface area contributed by atoms with E-state index in [1.807, 2.05) is 29.9 Å². The molecule has 1 aromatic heterocycles. The third-order valence-corrected chi connectivity index (χ3v) is 3.99. The summed E-state index contributed by atoms with van der Waals surface area (Å²) in [5.74, 6) is 1.59. The summed E-state index contributed by atoms with van der Waals surface area (Å²) in [5.41, 5.74) is 9.05. The minimum absolute atomic E-state index is 0.00731. The largest absolute Gasteiger partial charge is 0.497 e. The Labute approximate surface area is 109 Å². The van der Waals surface area contributed by atoms with E-state index >= 15 is 0 Å². The van der Waals surface area contributed by atoms with Crippen molar-refractivity contribution in [2.45, 2.75) is 18.6 Å². The Morgan fingerprint density at radius 3 is 3.11 bits per heavy atom. The van der Waals surface area contributed by atoms with Gasteiger partial charge in [0.1, 0.15) is 17.6 Å². The van der Waals surface area contributed by atoms with Crippen LogP contribution in [-0.4, -0.2) is 12.1 Å². The second kappa shape index (κ2) is 4.59. The van der Waals surface area contributed by atoms with Crippen molar-refractivity contribution in [3.63, 3.8) is 0 Å². The first kappa shape index (κ1) is 11.5. The number of thiazole rings is 1. The van der Waals surface area contributed by atoms with Gasteiger partial charge >= 0.3 is 0 Å². The highest BCUT2D eigenvalue weighted by molar-refractivity contribution is 7.09. The molecule has 0 fully saturated rings. The van der Waals surface area contributed by atoms with Crippen LogP contribution in [0.15, 0.2) is 29.9 Å². The standard InChI is InChI=1S/C13H14N2O2S/c1-16-8-2-3-9-10(14)5-12(17-11(9)4-8)13-6-15-7-18-13/h2-4,6-7,10,12H,5,14H2,1H3/t10-,12?/m1/s1. The maximum atomic E-state index is 6.20. The maximum absolute atomic E-state index is 6.20. The lowest BCUT2D eigenvalue weighted by molar-refractivity contribution is 0.164. The molecular formula is C13H14N2O2S. The molecule has 0 bridgehead atoms. The van der Waals surface area contributed by atoms with Crippen LogP contribution in [0.2, 0.25) is 0 Å². The van der Waals surface area contributed by atoms with Crippen LogP contribution in [0.5, 0.6) is 11.5 Å². The van der Waals surface area contributed by atoms with E-state index in [0.29, 0.717) is 0 Å². The van der Waals surface area contributed by atoms with Crippen LogP contribution in [0, 0.1) is 0 Å². The Kier molecular flexibility index (Phi) is 2.93. The summed E-state index contributed by atoms with van der Waals surface area (Å²) in [6, 6.07) is 5.77. The molecule has 1 unspecified atom stereocenters. The van der Waals surface area contributed by atoms with Gasteiger partial charge in [0, 0.05) is 30.3 Å². The normalized spacial score (nSPS) is 22.1. The van der Waals surface area contributed by atoms with Gasteiger partial charge in [0.2, 0.25) is 0 Å². The van der Waals surface area contributed by atoms with Gasteiger partial charge in [0.15, 0.2) is 0 Å². The monoisotopic (exact) mass is 262 g/mol. The number of fused-ring (bicyclic) bond motifs is 1. The van der Waals surface area contributed by atoms with Crippen LogP contribution in [0.1, 0.15) is 29.0 Å². The Morgan fingerprint density at radius 1 is 1.50 bits per heavy atom. The predicted molar refractivity (Wildman–Crippen MR) is 70.0 cm³/mol. The van der Waals surface area contributed by atoms with Gasteiger partial charge in [-0.15, -0.1) is 11.3 Å². The lowest BCUT2D eigenvalue weighted by Crippen LogP contribution is -2.23. The van der Waals surface area contributed by atoms with E-state index in [0.717, 1.165) is 28.4 Å². The molecule has 4 nitrogen and oxygen atoms in total. The molecule has 0 aliphatic carbocycles. The van der Waals surface area contributed by atoms with Crippen molar-refractivity contribution in [2.24, 2.45) is 5.73 Å². The van der Waals surface area contributed by atoms with Crippen LogP contribution in [0.3, 0.4) is 0 Å². The number of methoxy groups -OCH3 is 1. The van der Waals surface area contributed by atoms with E-state index in [-0.39, 0.29) is 12.1 Å². The number of ether oxygens (including phenoxy) is 2. The molecule has 2 heterocycles. The smallest absolute Gasteiger partial charge is 0.136 e. The van der Waals surface area contributed by atoms with Crippen molar-refractivity contribution in [1.82, 2.24) is 4.98 Å². The topological polar surface area (TPSA) is 57.4 Å². The fourth-order valence-electron chi connectivity index (χ4n) is 2.17. The maximum Gasteiger partial charge on any atom is 0.136 e. The molecule has 1 aliphatic heterocycles. The molecule has 18 heavy (non-hydrogen) atoms. The summed E-state index contributed by atoms with van der Waals surface area (Å²) in [6.07, 6.45) is 2.61. The van der Waals surface area contributed by atoms with Gasteiger partial charge in [-0.3, -0.25) is 4.98 Å². The number of benzene rings is 1. The van der Waals surface area contributed by atoms with E-state index in [1.54, 1.807) is 18.4 Å². The number of nitrogens with zero attached hydrogens (tertiary/aromatic N) is 1. The summed E-state index contributed by atoms with van der Waals surface area (Å²) >= 11 is 1.59. The number of rotatable bonds is 2. The molecule has 3 rings (SSSR count). The molecule has 1 aliphatic rings. The van der Waals surface area contributed by atoms with E-state index in [2.05, 4.69) is 4.98 Å². The first-order valence-corrected chi connectivity index (χ1v) is 6.64. The van der Waals surface area contributed by atoms with Crippen molar-refractivity contribution in [3.8, 4) is 11.5 Å². The summed E-state index contributed by atoms with van der Waals surface area (Å²) < 4.78 is 11.2. The second-order valence-corrected chi connectivity index (χ2v) is 5.17. The fraction of sp³-hybridized carbons (Fsp3) is 0.308. The average molecular weight is 262 g/mol. The molecule has 0 radical (unpaired) electrons. The third-order valence-electron chi connectivity index (χ3n) is 3.13. The summed E-state index contributed by atoms with van der Waals surface area (Å²) in [7, 11) is 1.64. The van der Waals surface area contributed by atoms with Crippen molar-refractivity contribution in [2.75, 3.05) is 7.11 Å². The lowest BCUT2D eigenvalue weighted by atomic mass is 9.96. The molecule has 0 spiro atoms. The van der Waals surface area contributed by atoms with E-state index < -0.39 is 0 Å². The van der Waals surface area contributed by atoms with Gasteiger partial charge in [-0.25, -0.2) is 0 Å². The molecule has 2 aromatic rings. The minimum Gasteiger partial charge on any atom is -0.497 e. The van der Waals surface area contributed by atoms with E-state index in [4.69, 9.17) is 15.2 Å². The highest BCUT2D eigenvalue weighted by Crippen LogP contribution is 2.41. The fourth-order valence-corrected chi connectivity index (χ4v) is 2.83. The van der Waals surface area contributed by atoms with Crippen LogP contribution in [0.25, 0.3) is 0 Å². The first-order valence-electron chi connectivity index (χ1n) is 5.76. The van der Waals surface area contributed by atoms with Crippen LogP contribution in [-0.2, 0) is 0 Å². The zero-order valence-electron chi connectivity index (χ0n) is 10.00. The van der Waals surface area contributed by atoms with Crippen molar-refractivity contribution < 1.29 is 9.47 Å². The van der Waals surface area contributed by atoms with Crippen molar-refractivity contribution in [1.29, 1.82) is 0 Å². The quantitative estimate of drug-likeness (QED) is 0.904. The summed E-state index contributed by atoms with van der Waals surface area (Å²) in [5, 5.41) is 0. The van der Waals surface area contributed by atoms with E-state index in [9.17, 15) is 0 Å². The molecule has 2 atom stereocenters. The van der Waals surface area contributed by atoms with Crippen LogP contribution >= 0.6 is 11.3 Å². The second-order valence-electron chi connectivity index (χ2n) is 4.26. The SMILES string of the molecule is COc1ccc2c(c1)OC(c1cncs1)C[C@H]2N. The lowest BCUT2D eigenvalue weighted by Gasteiger charge is -2.29. The first-order chi connectivity index (χ1) is 8.78. The highest BCUT2D eigenvalue weighted by atomic mass is 32.1. The minimum atomic E-state index is -0.00763. The van der Waals surface area contributed by atoms with Crippen LogP contribution in [0.4, 0.5) is 0 Å². The molecule has 94 valence electrons. The highest BCUT2D eigenvalue weighted by Gasteiger charge is 2.28. The molecule has 1 aromatic carbocycles. The van der Waals surface area contributed by atoms with Gasteiger partial charge in [-0.05, 0) is 6.07 Å². The average Bonchev–Trinajstić information content (AvgIpc) is 2.91. The van der Waals surface area contributed by atoms with Gasteiger partial charge < -0.3 is 15.2 Å². The van der Waals surface area contributed by atoms with Gasteiger partial charge in [0.05, 0.1) is 17.5 Å². The number of nitrogens with two attached hydrogens (primary N) is 1. The molecule has 2 N–H and O–H groups in total. The Hall–Kier alpha value is -1.59. The molecule has 0 amide bonds. The van der Waals surface area contributed by atoms with Crippen LogP contribution < -0.4 is 15.2 Å². The van der Waals surface area contributed by atoms with E-state index in [1.165, 1.54) is 0 Å². The predicted octanol–water partition coefficient (Wildman–Crippen LogP) is 2.68. The Balaban J connectivity index is 1.95. The van der Waals surface area contributed by atoms with Crippen molar-refractivity contribution >= 4 is 11.3 Å². The third kappa shape index (κ3) is 1.95. The zero-order chi connectivity index (χ0) is 12.5. The molecular weight excluding hydrogens is 248 g/mol. The van der Waals surface area contributed by atoms with Crippen molar-refractivity contribution in [3.05, 3.63) is 40.3 Å². The number of aromatic nitrogens is 1. The Bertz CT molecular complexity index is 542.